The van der Waals surface area contributed by atoms with Crippen LogP contribution in [0.25, 0.3) is 0 Å². The fourth-order valence-electron chi connectivity index (χ4n) is 0. The zero-order valence-corrected chi connectivity index (χ0v) is 5.31. The summed E-state index contributed by atoms with van der Waals surface area (Å²) in [7, 11) is 0. The molecule has 0 aliphatic rings. The molecule has 0 rings (SSSR count). The summed E-state index contributed by atoms with van der Waals surface area (Å²) in [6.45, 7) is 6.00. The van der Waals surface area contributed by atoms with E-state index in [4.69, 9.17) is 11.9 Å². The zero-order chi connectivity index (χ0) is 5.58. The van der Waals surface area contributed by atoms with Crippen molar-refractivity contribution in [2.75, 3.05) is 0 Å². The van der Waals surface area contributed by atoms with E-state index in [1.165, 1.54) is 0 Å². The Morgan fingerprint density at radius 2 is 1.33 bits per heavy atom. The molecule has 0 saturated heterocycles. The van der Waals surface area contributed by atoms with E-state index in [2.05, 4.69) is 13.2 Å². The van der Waals surface area contributed by atoms with Gasteiger partial charge >= 0.3 is 27.2 Å². The van der Waals surface area contributed by atoms with Crippen molar-refractivity contribution in [1.82, 2.24) is 0 Å². The molecule has 4 heteroatoms. The topological polar surface area (TPSA) is 57.5 Å². The van der Waals surface area contributed by atoms with Crippen LogP contribution in [0.1, 0.15) is 0 Å². The van der Waals surface area contributed by atoms with Crippen LogP contribution in [0.3, 0.4) is 0 Å². The Hall–Kier alpha value is 0.0184. The van der Waals surface area contributed by atoms with Crippen LogP contribution in [0, 0.1) is 0 Å². The van der Waals surface area contributed by atoms with Crippen molar-refractivity contribution in [2.45, 2.75) is 0 Å². The SMILES string of the molecule is C=C.O=[AsH](O)O. The summed E-state index contributed by atoms with van der Waals surface area (Å²) in [6.07, 6.45) is 0. The molecule has 6 heavy (non-hydrogen) atoms. The van der Waals surface area contributed by atoms with Crippen molar-refractivity contribution < 1.29 is 11.9 Å². The van der Waals surface area contributed by atoms with E-state index in [9.17, 15) is 0 Å². The molecule has 0 amide bonds. The Labute approximate surface area is 41.1 Å². The van der Waals surface area contributed by atoms with E-state index in [0.717, 1.165) is 0 Å². The van der Waals surface area contributed by atoms with Crippen molar-refractivity contribution in [3.8, 4) is 0 Å². The first-order valence-electron chi connectivity index (χ1n) is 1.15. The van der Waals surface area contributed by atoms with Gasteiger partial charge in [0.25, 0.3) is 0 Å². The third-order valence-corrected chi connectivity index (χ3v) is 0. The molecule has 2 N–H and O–H groups in total. The van der Waals surface area contributed by atoms with Crippen LogP contribution < -0.4 is 0 Å². The summed E-state index contributed by atoms with van der Waals surface area (Å²) in [4.78, 5) is 0. The van der Waals surface area contributed by atoms with E-state index in [1.807, 2.05) is 0 Å². The molecule has 0 spiro atoms. The second-order valence-corrected chi connectivity index (χ2v) is 1.47. The maximum atomic E-state index is 8.81. The van der Waals surface area contributed by atoms with Gasteiger partial charge in [-0.15, -0.1) is 13.2 Å². The molecule has 0 unspecified atom stereocenters. The molecule has 0 aromatic heterocycles. The zero-order valence-electron chi connectivity index (χ0n) is 3.22. The van der Waals surface area contributed by atoms with Gasteiger partial charge in [0.1, 0.15) is 0 Å². The van der Waals surface area contributed by atoms with Crippen molar-refractivity contribution in [2.24, 2.45) is 0 Å². The molecule has 0 heterocycles. The number of hydrogen-bond donors (Lipinski definition) is 2. The molecular weight excluding hydrogens is 147 g/mol. The Morgan fingerprint density at radius 1 is 1.33 bits per heavy atom. The van der Waals surface area contributed by atoms with Gasteiger partial charge in [0.15, 0.2) is 0 Å². The van der Waals surface area contributed by atoms with Crippen LogP contribution in [0.15, 0.2) is 13.2 Å². The summed E-state index contributed by atoms with van der Waals surface area (Å²) < 4.78 is 23.2. The summed E-state index contributed by atoms with van der Waals surface area (Å²) in [5.74, 6) is 0. The Balaban J connectivity index is 0. The van der Waals surface area contributed by atoms with Gasteiger partial charge in [0, 0.05) is 0 Å². The first-order chi connectivity index (χ1) is 2.73. The molecule has 3 nitrogen and oxygen atoms in total. The van der Waals surface area contributed by atoms with Crippen LogP contribution in [0.2, 0.25) is 0 Å². The fourth-order valence-corrected chi connectivity index (χ4v) is 0. The molecule has 0 aromatic rings. The van der Waals surface area contributed by atoms with Crippen molar-refractivity contribution in [1.29, 1.82) is 0 Å². The molecular formula is C2H7AsO3. The van der Waals surface area contributed by atoms with Crippen LogP contribution in [-0.2, 0) is 3.74 Å². The van der Waals surface area contributed by atoms with E-state index >= 15 is 0 Å². The first kappa shape index (κ1) is 9.39. The Morgan fingerprint density at radius 3 is 1.33 bits per heavy atom. The van der Waals surface area contributed by atoms with Crippen LogP contribution >= 0.6 is 0 Å². The molecule has 0 fully saturated rings. The van der Waals surface area contributed by atoms with Crippen LogP contribution in [-0.4, -0.2) is 23.5 Å². The van der Waals surface area contributed by atoms with E-state index < -0.39 is 15.3 Å². The second kappa shape index (κ2) is 8.89. The third-order valence-electron chi connectivity index (χ3n) is 0. The number of rotatable bonds is 0. The molecule has 0 atom stereocenters. The van der Waals surface area contributed by atoms with Crippen LogP contribution in [0.5, 0.6) is 0 Å². The monoisotopic (exact) mass is 154 g/mol. The van der Waals surface area contributed by atoms with Gasteiger partial charge in [-0.1, -0.05) is 0 Å². The van der Waals surface area contributed by atoms with Gasteiger partial charge in [0.05, 0.1) is 0 Å². The van der Waals surface area contributed by atoms with Gasteiger partial charge in [-0.3, -0.25) is 0 Å². The summed E-state index contributed by atoms with van der Waals surface area (Å²) >= 11 is -3.58. The van der Waals surface area contributed by atoms with Gasteiger partial charge in [-0.25, -0.2) is 0 Å². The van der Waals surface area contributed by atoms with Crippen molar-refractivity contribution in [3.05, 3.63) is 13.2 Å². The number of hydrogen-bond acceptors (Lipinski definition) is 1. The second-order valence-electron chi connectivity index (χ2n) is 0.283. The quantitative estimate of drug-likeness (QED) is 0.344. The molecule has 0 aliphatic carbocycles. The Bertz CT molecular complexity index is 40.1. The summed E-state index contributed by atoms with van der Waals surface area (Å²) in [6, 6.07) is 0. The predicted octanol–water partition coefficient (Wildman–Crippen LogP) is -1.08. The molecule has 38 valence electrons. The maximum absolute atomic E-state index is 8.81. The fraction of sp³-hybridized carbons (Fsp3) is 0. The Kier molecular flexibility index (Phi) is 13.9. The summed E-state index contributed by atoms with van der Waals surface area (Å²) in [5, 5.41) is 0. The van der Waals surface area contributed by atoms with Gasteiger partial charge < -0.3 is 0 Å². The molecule has 0 aromatic carbocycles. The average molecular weight is 154 g/mol. The van der Waals surface area contributed by atoms with Gasteiger partial charge in [-0.2, -0.15) is 0 Å². The van der Waals surface area contributed by atoms with E-state index in [1.54, 1.807) is 0 Å². The van der Waals surface area contributed by atoms with Gasteiger partial charge in [0.2, 0.25) is 0 Å². The minimum absolute atomic E-state index is 3.00. The molecule has 0 bridgehead atoms. The molecule has 0 aliphatic heterocycles. The third kappa shape index (κ3) is 108000. The molecule has 0 radical (unpaired) electrons. The van der Waals surface area contributed by atoms with Crippen molar-refractivity contribution >= 4 is 15.3 Å². The van der Waals surface area contributed by atoms with E-state index in [0.29, 0.717) is 0 Å². The van der Waals surface area contributed by atoms with E-state index in [-0.39, 0.29) is 0 Å². The molecule has 0 saturated carbocycles. The standard InChI is InChI=1S/C2H4.AsH3O3/c1-2;2-1(3)4/h1-2H2;1H,(H2,2,3,4). The minimum atomic E-state index is -3.58. The summed E-state index contributed by atoms with van der Waals surface area (Å²) in [5.41, 5.74) is 0. The van der Waals surface area contributed by atoms with Gasteiger partial charge in [-0.05, 0) is 0 Å². The van der Waals surface area contributed by atoms with Crippen molar-refractivity contribution in [3.63, 3.8) is 0 Å². The average Bonchev–Trinajstić information content (AvgIpc) is 1.41. The first-order valence-corrected chi connectivity index (χ1v) is 3.88. The predicted molar refractivity (Wildman–Crippen MR) is 23.5 cm³/mol. The normalized spacial score (nSPS) is 6.50. The van der Waals surface area contributed by atoms with Crippen LogP contribution in [0.4, 0.5) is 0 Å².